The Labute approximate surface area is 131 Å². The number of rotatable bonds is 6. The Morgan fingerprint density at radius 1 is 1.29 bits per heavy atom. The molecule has 0 aromatic carbocycles. The number of thioether (sulfide) groups is 1. The summed E-state index contributed by atoms with van der Waals surface area (Å²) in [6.45, 7) is 7.99. The van der Waals surface area contributed by atoms with Crippen LogP contribution in [0.1, 0.15) is 52.9 Å². The van der Waals surface area contributed by atoms with E-state index in [1.807, 2.05) is 4.68 Å². The molecule has 0 bridgehead atoms. The predicted octanol–water partition coefficient (Wildman–Crippen LogP) is 1.85. The van der Waals surface area contributed by atoms with Gasteiger partial charge in [0.2, 0.25) is 5.16 Å². The van der Waals surface area contributed by atoms with Crippen molar-refractivity contribution in [2.75, 3.05) is 12.3 Å². The van der Waals surface area contributed by atoms with Crippen LogP contribution in [0, 0.1) is 0 Å². The molecule has 1 aliphatic rings. The zero-order valence-corrected chi connectivity index (χ0v) is 14.1. The highest BCUT2D eigenvalue weighted by molar-refractivity contribution is 7.99. The van der Waals surface area contributed by atoms with E-state index in [1.54, 1.807) is 11.8 Å². The maximum Gasteiger partial charge on any atom is 0.209 e. The monoisotopic (exact) mass is 313 g/mol. The average molecular weight is 313 g/mol. The van der Waals surface area contributed by atoms with Gasteiger partial charge in [0.1, 0.15) is 0 Å². The summed E-state index contributed by atoms with van der Waals surface area (Å²) in [5, 5.41) is 26.6. The Kier molecular flexibility index (Phi) is 5.62. The molecule has 0 aliphatic heterocycles. The van der Waals surface area contributed by atoms with Gasteiger partial charge >= 0.3 is 0 Å². The lowest BCUT2D eigenvalue weighted by atomic mass is 9.86. The van der Waals surface area contributed by atoms with Crippen LogP contribution in [0.15, 0.2) is 5.16 Å². The molecule has 0 radical (unpaired) electrons. The molecule has 1 saturated carbocycles. The molecule has 2 rings (SSSR count). The molecule has 1 aliphatic carbocycles. The first-order valence-corrected chi connectivity index (χ1v) is 8.73. The van der Waals surface area contributed by atoms with Gasteiger partial charge in [0, 0.05) is 17.8 Å². The Balaban J connectivity index is 1.82. The molecule has 21 heavy (non-hydrogen) atoms. The minimum atomic E-state index is -0.538. The fourth-order valence-electron chi connectivity index (χ4n) is 2.53. The van der Waals surface area contributed by atoms with Crippen molar-refractivity contribution in [1.82, 2.24) is 25.5 Å². The van der Waals surface area contributed by atoms with Crippen LogP contribution in [0.4, 0.5) is 0 Å². The third kappa shape index (κ3) is 5.56. The lowest BCUT2D eigenvalue weighted by Crippen LogP contribution is -2.38. The summed E-state index contributed by atoms with van der Waals surface area (Å²) >= 11 is 1.57. The largest absolute Gasteiger partial charge is 0.389 e. The zero-order valence-electron chi connectivity index (χ0n) is 13.3. The Bertz CT molecular complexity index is 437. The number of hydrogen-bond acceptors (Lipinski definition) is 6. The van der Waals surface area contributed by atoms with Gasteiger partial charge in [-0.05, 0) is 44.0 Å². The highest BCUT2D eigenvalue weighted by atomic mass is 32.2. The maximum absolute atomic E-state index is 10.5. The van der Waals surface area contributed by atoms with Crippen LogP contribution in [0.3, 0.4) is 0 Å². The summed E-state index contributed by atoms with van der Waals surface area (Å²) in [6, 6.07) is 0. The molecule has 2 N–H and O–H groups in total. The van der Waals surface area contributed by atoms with Crippen LogP contribution >= 0.6 is 11.8 Å². The van der Waals surface area contributed by atoms with E-state index >= 15 is 0 Å². The van der Waals surface area contributed by atoms with Crippen LogP contribution in [0.25, 0.3) is 0 Å². The Morgan fingerprint density at radius 3 is 2.67 bits per heavy atom. The molecular weight excluding hydrogens is 286 g/mol. The van der Waals surface area contributed by atoms with E-state index < -0.39 is 5.60 Å². The first kappa shape index (κ1) is 16.7. The van der Waals surface area contributed by atoms with Crippen molar-refractivity contribution < 1.29 is 5.11 Å². The van der Waals surface area contributed by atoms with Crippen LogP contribution in [0.5, 0.6) is 0 Å². The van der Waals surface area contributed by atoms with Crippen LogP contribution in [-0.4, -0.2) is 48.8 Å². The predicted molar refractivity (Wildman–Crippen MR) is 84.3 cm³/mol. The van der Waals surface area contributed by atoms with E-state index in [0.717, 1.165) is 43.9 Å². The van der Waals surface area contributed by atoms with Gasteiger partial charge in [-0.25, -0.2) is 4.68 Å². The van der Waals surface area contributed by atoms with Gasteiger partial charge in [-0.1, -0.05) is 31.0 Å². The van der Waals surface area contributed by atoms with Crippen LogP contribution in [0.2, 0.25) is 0 Å². The summed E-state index contributed by atoms with van der Waals surface area (Å²) in [5.41, 5.74) is -0.443. The van der Waals surface area contributed by atoms with Crippen molar-refractivity contribution in [3.8, 4) is 0 Å². The van der Waals surface area contributed by atoms with Crippen LogP contribution in [-0.2, 0) is 6.54 Å². The van der Waals surface area contributed by atoms with E-state index in [4.69, 9.17) is 0 Å². The standard InChI is InChI=1S/C14H27N5OS/c1-13(2,3)15-9-10-19-12(16-17-18-19)21-11-14(20)7-5-4-6-8-14/h15,20H,4-11H2,1-3H3. The molecule has 1 fully saturated rings. The van der Waals surface area contributed by atoms with Crippen molar-refractivity contribution in [2.45, 2.75) is 75.7 Å². The van der Waals surface area contributed by atoms with Crippen molar-refractivity contribution in [1.29, 1.82) is 0 Å². The van der Waals surface area contributed by atoms with Gasteiger partial charge in [-0.15, -0.1) is 5.10 Å². The van der Waals surface area contributed by atoms with E-state index in [9.17, 15) is 5.11 Å². The van der Waals surface area contributed by atoms with Gasteiger partial charge in [0.25, 0.3) is 0 Å². The molecule has 0 amide bonds. The topological polar surface area (TPSA) is 75.9 Å². The van der Waals surface area contributed by atoms with Gasteiger partial charge < -0.3 is 10.4 Å². The van der Waals surface area contributed by atoms with E-state index in [1.165, 1.54) is 6.42 Å². The first-order chi connectivity index (χ1) is 9.88. The SMILES string of the molecule is CC(C)(C)NCCn1nnnc1SCC1(O)CCCCC1. The lowest BCUT2D eigenvalue weighted by Gasteiger charge is -2.31. The van der Waals surface area contributed by atoms with E-state index in [2.05, 4.69) is 41.6 Å². The second-order valence-electron chi connectivity index (χ2n) is 6.94. The molecule has 0 saturated heterocycles. The Morgan fingerprint density at radius 2 is 2.00 bits per heavy atom. The van der Waals surface area contributed by atoms with Gasteiger partial charge in [-0.2, -0.15) is 0 Å². The molecule has 0 unspecified atom stereocenters. The number of aromatic nitrogens is 4. The second kappa shape index (κ2) is 7.07. The Hall–Kier alpha value is -0.660. The van der Waals surface area contributed by atoms with Gasteiger partial charge in [-0.3, -0.25) is 0 Å². The molecule has 7 heteroatoms. The fourth-order valence-corrected chi connectivity index (χ4v) is 3.59. The van der Waals surface area contributed by atoms with Crippen molar-refractivity contribution in [3.05, 3.63) is 0 Å². The van der Waals surface area contributed by atoms with E-state index in [0.29, 0.717) is 5.75 Å². The fraction of sp³-hybridized carbons (Fsp3) is 0.929. The first-order valence-electron chi connectivity index (χ1n) is 7.74. The summed E-state index contributed by atoms with van der Waals surface area (Å²) in [5.74, 6) is 0.681. The molecule has 6 nitrogen and oxygen atoms in total. The number of tetrazole rings is 1. The highest BCUT2D eigenvalue weighted by Crippen LogP contribution is 2.32. The summed E-state index contributed by atoms with van der Waals surface area (Å²) in [7, 11) is 0. The average Bonchev–Trinajstić information content (AvgIpc) is 2.84. The van der Waals surface area contributed by atoms with Gasteiger partial charge in [0.15, 0.2) is 0 Å². The molecule has 0 spiro atoms. The highest BCUT2D eigenvalue weighted by Gasteiger charge is 2.29. The van der Waals surface area contributed by atoms with Crippen LogP contribution < -0.4 is 5.32 Å². The third-order valence-corrected chi connectivity index (χ3v) is 4.96. The smallest absolute Gasteiger partial charge is 0.209 e. The summed E-state index contributed by atoms with van der Waals surface area (Å²) < 4.78 is 1.82. The molecular formula is C14H27N5OS. The minimum absolute atomic E-state index is 0.0958. The zero-order chi connectivity index (χ0) is 15.3. The maximum atomic E-state index is 10.5. The van der Waals surface area contributed by atoms with Crippen molar-refractivity contribution in [2.24, 2.45) is 0 Å². The third-order valence-electron chi connectivity index (χ3n) is 3.73. The molecule has 1 aromatic heterocycles. The second-order valence-corrected chi connectivity index (χ2v) is 7.88. The lowest BCUT2D eigenvalue weighted by molar-refractivity contribution is 0.0272. The normalized spacial score (nSPS) is 18.9. The summed E-state index contributed by atoms with van der Waals surface area (Å²) in [6.07, 6.45) is 5.28. The number of nitrogens with one attached hydrogen (secondary N) is 1. The quantitative estimate of drug-likeness (QED) is 0.781. The number of aliphatic hydroxyl groups is 1. The van der Waals surface area contributed by atoms with Gasteiger partial charge in [0.05, 0.1) is 12.1 Å². The molecule has 120 valence electrons. The molecule has 1 aromatic rings. The summed E-state index contributed by atoms with van der Waals surface area (Å²) in [4.78, 5) is 0. The van der Waals surface area contributed by atoms with Crippen molar-refractivity contribution in [3.63, 3.8) is 0 Å². The minimum Gasteiger partial charge on any atom is -0.389 e. The number of nitrogens with zero attached hydrogens (tertiary/aromatic N) is 4. The molecule has 1 heterocycles. The van der Waals surface area contributed by atoms with E-state index in [-0.39, 0.29) is 5.54 Å². The molecule has 0 atom stereocenters. The van der Waals surface area contributed by atoms with Crippen molar-refractivity contribution >= 4 is 11.8 Å². The number of hydrogen-bond donors (Lipinski definition) is 2.